The molecule has 5 nitrogen and oxygen atoms in total. The molecule has 0 unspecified atom stereocenters. The number of amides is 1. The van der Waals surface area contributed by atoms with Crippen molar-refractivity contribution in [2.45, 2.75) is 45.6 Å². The Kier molecular flexibility index (Phi) is 4.58. The van der Waals surface area contributed by atoms with E-state index in [1.54, 1.807) is 6.20 Å². The third kappa shape index (κ3) is 3.35. The third-order valence-corrected chi connectivity index (χ3v) is 3.96. The highest BCUT2D eigenvalue weighted by Crippen LogP contribution is 2.29. The van der Waals surface area contributed by atoms with Gasteiger partial charge < -0.3 is 11.1 Å². The topological polar surface area (TPSA) is 72.9 Å². The molecule has 0 spiro atoms. The van der Waals surface area contributed by atoms with Gasteiger partial charge in [-0.2, -0.15) is 5.10 Å². The number of nitrogens with one attached hydrogen (secondary N) is 1. The van der Waals surface area contributed by atoms with Gasteiger partial charge in [0.1, 0.15) is 5.82 Å². The molecule has 0 saturated heterocycles. The van der Waals surface area contributed by atoms with Crippen LogP contribution in [0.4, 0.5) is 5.82 Å². The molecule has 1 aromatic heterocycles. The first-order valence-corrected chi connectivity index (χ1v) is 7.16. The van der Waals surface area contributed by atoms with Gasteiger partial charge in [0.25, 0.3) is 0 Å². The van der Waals surface area contributed by atoms with Crippen molar-refractivity contribution in [3.05, 3.63) is 12.3 Å². The highest BCUT2D eigenvalue weighted by molar-refractivity contribution is 5.91. The van der Waals surface area contributed by atoms with Gasteiger partial charge in [-0.3, -0.25) is 4.79 Å². The van der Waals surface area contributed by atoms with Crippen molar-refractivity contribution in [1.82, 2.24) is 9.78 Å². The van der Waals surface area contributed by atoms with Crippen LogP contribution in [0.2, 0.25) is 0 Å². The summed E-state index contributed by atoms with van der Waals surface area (Å²) in [6.07, 6.45) is 5.75. The van der Waals surface area contributed by atoms with E-state index in [1.165, 1.54) is 0 Å². The maximum atomic E-state index is 12.3. The van der Waals surface area contributed by atoms with Crippen LogP contribution in [0.15, 0.2) is 12.3 Å². The Bertz CT molecular complexity index is 419. The molecule has 3 N–H and O–H groups in total. The van der Waals surface area contributed by atoms with E-state index in [0.29, 0.717) is 5.92 Å². The van der Waals surface area contributed by atoms with E-state index in [1.807, 2.05) is 10.7 Å². The molecule has 106 valence electrons. The van der Waals surface area contributed by atoms with Crippen molar-refractivity contribution in [3.63, 3.8) is 0 Å². The first-order chi connectivity index (χ1) is 9.11. The zero-order valence-corrected chi connectivity index (χ0v) is 11.8. The second-order valence-electron chi connectivity index (χ2n) is 5.70. The number of anilines is 1. The van der Waals surface area contributed by atoms with E-state index < -0.39 is 0 Å². The molecule has 0 atom stereocenters. The Morgan fingerprint density at radius 3 is 2.74 bits per heavy atom. The van der Waals surface area contributed by atoms with Gasteiger partial charge in [0.2, 0.25) is 5.91 Å². The van der Waals surface area contributed by atoms with Gasteiger partial charge in [-0.15, -0.1) is 0 Å². The molecular formula is C14H24N4O. The van der Waals surface area contributed by atoms with E-state index in [2.05, 4.69) is 24.3 Å². The molecule has 1 aromatic rings. The Labute approximate surface area is 114 Å². The van der Waals surface area contributed by atoms with Crippen LogP contribution in [0, 0.1) is 11.8 Å². The van der Waals surface area contributed by atoms with Crippen LogP contribution in [0.3, 0.4) is 0 Å². The molecule has 0 radical (unpaired) electrons. The SMILES string of the molecule is CC(C)n1nccc1NC(=O)C1CCC(CN)CC1. The Morgan fingerprint density at radius 1 is 1.47 bits per heavy atom. The van der Waals surface area contributed by atoms with Crippen molar-refractivity contribution >= 4 is 11.7 Å². The molecule has 1 aliphatic rings. The summed E-state index contributed by atoms with van der Waals surface area (Å²) < 4.78 is 1.84. The van der Waals surface area contributed by atoms with E-state index in [4.69, 9.17) is 5.73 Å². The minimum absolute atomic E-state index is 0.123. The number of carbonyl (C=O) groups is 1. The van der Waals surface area contributed by atoms with Crippen molar-refractivity contribution in [3.8, 4) is 0 Å². The van der Waals surface area contributed by atoms with Crippen molar-refractivity contribution in [1.29, 1.82) is 0 Å². The normalized spacial score (nSPS) is 23.6. The van der Waals surface area contributed by atoms with E-state index in [0.717, 1.165) is 38.0 Å². The fraction of sp³-hybridized carbons (Fsp3) is 0.714. The summed E-state index contributed by atoms with van der Waals surface area (Å²) in [6, 6.07) is 2.10. The lowest BCUT2D eigenvalue weighted by molar-refractivity contribution is -0.121. The number of carbonyl (C=O) groups excluding carboxylic acids is 1. The van der Waals surface area contributed by atoms with Gasteiger partial charge in [0, 0.05) is 18.0 Å². The molecule has 5 heteroatoms. The third-order valence-electron chi connectivity index (χ3n) is 3.96. The maximum absolute atomic E-state index is 12.3. The van der Waals surface area contributed by atoms with Gasteiger partial charge in [0.05, 0.1) is 6.20 Å². The summed E-state index contributed by atoms with van der Waals surface area (Å²) in [4.78, 5) is 12.3. The summed E-state index contributed by atoms with van der Waals surface area (Å²) in [6.45, 7) is 4.85. The largest absolute Gasteiger partial charge is 0.330 e. The number of rotatable bonds is 4. The van der Waals surface area contributed by atoms with Crippen LogP contribution in [0.25, 0.3) is 0 Å². The molecule has 0 aliphatic heterocycles. The fourth-order valence-corrected chi connectivity index (χ4v) is 2.71. The summed E-state index contributed by atoms with van der Waals surface area (Å²) >= 11 is 0. The molecule has 1 heterocycles. The predicted octanol–water partition coefficient (Wildman–Crippen LogP) is 2.17. The molecule has 1 aliphatic carbocycles. The van der Waals surface area contributed by atoms with Gasteiger partial charge in [-0.05, 0) is 52.0 Å². The maximum Gasteiger partial charge on any atom is 0.228 e. The summed E-state index contributed by atoms with van der Waals surface area (Å²) in [5.41, 5.74) is 5.68. The molecule has 19 heavy (non-hydrogen) atoms. The predicted molar refractivity (Wildman–Crippen MR) is 75.7 cm³/mol. The van der Waals surface area contributed by atoms with Crippen LogP contribution >= 0.6 is 0 Å². The second kappa shape index (κ2) is 6.19. The highest BCUT2D eigenvalue weighted by atomic mass is 16.2. The molecule has 1 amide bonds. The Balaban J connectivity index is 1.92. The van der Waals surface area contributed by atoms with Crippen molar-refractivity contribution < 1.29 is 4.79 Å². The zero-order chi connectivity index (χ0) is 13.8. The molecule has 0 bridgehead atoms. The van der Waals surface area contributed by atoms with Gasteiger partial charge in [0.15, 0.2) is 0 Å². The minimum atomic E-state index is 0.123. The van der Waals surface area contributed by atoms with Crippen LogP contribution in [-0.4, -0.2) is 22.2 Å². The lowest BCUT2D eigenvalue weighted by Crippen LogP contribution is -2.30. The average Bonchev–Trinajstić information content (AvgIpc) is 2.87. The van der Waals surface area contributed by atoms with Gasteiger partial charge in [-0.1, -0.05) is 0 Å². The first-order valence-electron chi connectivity index (χ1n) is 7.16. The van der Waals surface area contributed by atoms with Crippen LogP contribution < -0.4 is 11.1 Å². The molecular weight excluding hydrogens is 240 g/mol. The van der Waals surface area contributed by atoms with E-state index in [-0.39, 0.29) is 17.9 Å². The lowest BCUT2D eigenvalue weighted by atomic mass is 9.81. The monoisotopic (exact) mass is 264 g/mol. The minimum Gasteiger partial charge on any atom is -0.330 e. The van der Waals surface area contributed by atoms with Gasteiger partial charge in [-0.25, -0.2) is 4.68 Å². The lowest BCUT2D eigenvalue weighted by Gasteiger charge is -2.26. The average molecular weight is 264 g/mol. The standard InChI is InChI=1S/C14H24N4O/c1-10(2)18-13(7-8-16-18)17-14(19)12-5-3-11(9-15)4-6-12/h7-8,10-12H,3-6,9,15H2,1-2H3,(H,17,19). The second-order valence-corrected chi connectivity index (χ2v) is 5.70. The number of hydrogen-bond donors (Lipinski definition) is 2. The molecule has 1 fully saturated rings. The smallest absolute Gasteiger partial charge is 0.228 e. The Hall–Kier alpha value is -1.36. The molecule has 0 aromatic carbocycles. The van der Waals surface area contributed by atoms with Crippen LogP contribution in [0.1, 0.15) is 45.6 Å². The summed E-state index contributed by atoms with van der Waals surface area (Å²) in [7, 11) is 0. The quantitative estimate of drug-likeness (QED) is 0.875. The number of hydrogen-bond acceptors (Lipinski definition) is 3. The van der Waals surface area contributed by atoms with E-state index in [9.17, 15) is 4.79 Å². The zero-order valence-electron chi connectivity index (χ0n) is 11.8. The number of nitrogens with zero attached hydrogens (tertiary/aromatic N) is 2. The van der Waals surface area contributed by atoms with Crippen LogP contribution in [0.5, 0.6) is 0 Å². The van der Waals surface area contributed by atoms with Crippen molar-refractivity contribution in [2.75, 3.05) is 11.9 Å². The highest BCUT2D eigenvalue weighted by Gasteiger charge is 2.26. The van der Waals surface area contributed by atoms with E-state index >= 15 is 0 Å². The number of aromatic nitrogens is 2. The number of nitrogens with two attached hydrogens (primary N) is 1. The molecule has 1 saturated carbocycles. The summed E-state index contributed by atoms with van der Waals surface area (Å²) in [5, 5.41) is 7.23. The Morgan fingerprint density at radius 2 is 2.16 bits per heavy atom. The molecule has 2 rings (SSSR count). The first kappa shape index (κ1) is 14.1. The van der Waals surface area contributed by atoms with Crippen molar-refractivity contribution in [2.24, 2.45) is 17.6 Å². The van der Waals surface area contributed by atoms with Crippen LogP contribution in [-0.2, 0) is 4.79 Å². The van der Waals surface area contributed by atoms with Gasteiger partial charge >= 0.3 is 0 Å². The summed E-state index contributed by atoms with van der Waals surface area (Å²) in [5.74, 6) is 1.64. The fourth-order valence-electron chi connectivity index (χ4n) is 2.71.